The minimum atomic E-state index is -0.00464. The molecular weight excluding hydrogens is 406 g/mol. The molecule has 0 saturated carbocycles. The van der Waals surface area contributed by atoms with Crippen LogP contribution >= 0.6 is 0 Å². The average Bonchev–Trinajstić information content (AvgIpc) is 2.96. The highest BCUT2D eigenvalue weighted by atomic mass is 16.2. The van der Waals surface area contributed by atoms with Crippen molar-refractivity contribution in [3.05, 3.63) is 47.5 Å². The van der Waals surface area contributed by atoms with E-state index in [1.54, 1.807) is 11.9 Å². The van der Waals surface area contributed by atoms with Gasteiger partial charge >= 0.3 is 0 Å². The Labute approximate surface area is 187 Å². The third kappa shape index (κ3) is 3.93. The van der Waals surface area contributed by atoms with Gasteiger partial charge in [-0.15, -0.1) is 0 Å². The second kappa shape index (κ2) is 9.17. The number of hydrazone groups is 1. The van der Waals surface area contributed by atoms with E-state index in [0.717, 1.165) is 30.6 Å². The molecule has 4 rings (SSSR count). The summed E-state index contributed by atoms with van der Waals surface area (Å²) in [6, 6.07) is 11.5. The molecule has 166 valence electrons. The van der Waals surface area contributed by atoms with Gasteiger partial charge in [0.2, 0.25) is 5.91 Å². The number of fused-ring (bicyclic) bond motifs is 3. The third-order valence-electron chi connectivity index (χ3n) is 5.99. The van der Waals surface area contributed by atoms with Crippen LogP contribution in [0.3, 0.4) is 0 Å². The number of carbonyl (C=O) groups is 2. The molecule has 2 amide bonds. The summed E-state index contributed by atoms with van der Waals surface area (Å²) in [5.41, 5.74) is 5.21. The maximum atomic E-state index is 13.2. The van der Waals surface area contributed by atoms with Crippen LogP contribution in [0.4, 0.5) is 17.3 Å². The smallest absolute Gasteiger partial charge is 0.256 e. The lowest BCUT2D eigenvalue weighted by Crippen LogP contribution is -2.33. The topological polar surface area (TPSA) is 105 Å². The van der Waals surface area contributed by atoms with Crippen LogP contribution in [0.1, 0.15) is 41.7 Å². The van der Waals surface area contributed by atoms with Gasteiger partial charge in [-0.25, -0.2) is 4.98 Å². The number of carbonyl (C=O) groups excluding carboxylic acids is 2. The van der Waals surface area contributed by atoms with Crippen molar-refractivity contribution in [3.8, 4) is 0 Å². The molecule has 32 heavy (non-hydrogen) atoms. The van der Waals surface area contributed by atoms with E-state index < -0.39 is 0 Å². The van der Waals surface area contributed by atoms with Gasteiger partial charge in [-0.05, 0) is 30.2 Å². The fourth-order valence-electron chi connectivity index (χ4n) is 4.33. The van der Waals surface area contributed by atoms with Crippen molar-refractivity contribution < 1.29 is 9.59 Å². The predicted molar refractivity (Wildman–Crippen MR) is 126 cm³/mol. The molecule has 1 saturated heterocycles. The molecule has 1 aromatic heterocycles. The summed E-state index contributed by atoms with van der Waals surface area (Å²) in [7, 11) is 1.74. The fourth-order valence-corrected chi connectivity index (χ4v) is 4.33. The van der Waals surface area contributed by atoms with Gasteiger partial charge in [-0.3, -0.25) is 19.9 Å². The van der Waals surface area contributed by atoms with E-state index in [1.165, 1.54) is 6.21 Å². The molecule has 0 aliphatic carbocycles. The van der Waals surface area contributed by atoms with Crippen LogP contribution in [-0.2, 0) is 4.79 Å². The Morgan fingerprint density at radius 1 is 1.28 bits per heavy atom. The van der Waals surface area contributed by atoms with Crippen LogP contribution in [0.25, 0.3) is 0 Å². The minimum absolute atomic E-state index is 0.00323. The zero-order chi connectivity index (χ0) is 22.7. The Morgan fingerprint density at radius 2 is 2.09 bits per heavy atom. The molecule has 0 bridgehead atoms. The molecule has 3 heterocycles. The summed E-state index contributed by atoms with van der Waals surface area (Å²) in [5, 5.41) is 11.0. The highest BCUT2D eigenvalue weighted by Crippen LogP contribution is 2.40. The van der Waals surface area contributed by atoms with Gasteiger partial charge in [0.05, 0.1) is 23.5 Å². The first-order valence-corrected chi connectivity index (χ1v) is 10.8. The molecule has 2 aromatic rings. The third-order valence-corrected chi connectivity index (χ3v) is 5.99. The molecule has 2 N–H and O–H groups in total. The van der Waals surface area contributed by atoms with E-state index in [0.29, 0.717) is 36.6 Å². The van der Waals surface area contributed by atoms with E-state index in [2.05, 4.69) is 15.4 Å². The maximum Gasteiger partial charge on any atom is 0.256 e. The number of hydrogen-bond donors (Lipinski definition) is 2. The Kier molecular flexibility index (Phi) is 6.16. The first kappa shape index (κ1) is 21.5. The molecule has 9 nitrogen and oxygen atoms in total. The van der Waals surface area contributed by atoms with Crippen LogP contribution in [0.2, 0.25) is 0 Å². The Bertz CT molecular complexity index is 1070. The largest absolute Gasteiger partial charge is 0.355 e. The van der Waals surface area contributed by atoms with Gasteiger partial charge in [0.15, 0.2) is 0 Å². The van der Waals surface area contributed by atoms with Gasteiger partial charge in [0, 0.05) is 39.3 Å². The number of hydrogen-bond acceptors (Lipinski definition) is 7. The van der Waals surface area contributed by atoms with Crippen LogP contribution in [0, 0.1) is 5.41 Å². The number of nitrogens with one attached hydrogen (secondary N) is 2. The zero-order valence-corrected chi connectivity index (χ0v) is 18.3. The zero-order valence-electron chi connectivity index (χ0n) is 18.3. The van der Waals surface area contributed by atoms with Crippen molar-refractivity contribution >= 4 is 41.6 Å². The van der Waals surface area contributed by atoms with Crippen LogP contribution in [-0.4, -0.2) is 60.8 Å². The molecule has 9 heteroatoms. The first-order chi connectivity index (χ1) is 15.5. The SMILES string of the molecule is CCC(=O)N(C)c1cccc(N2CC[C@H]3c4cccc(N/N=C\C=N)c4C(=O)N3CC2)n1. The first-order valence-electron chi connectivity index (χ1n) is 10.8. The number of pyridine rings is 1. The number of amides is 2. The molecular formula is C23H27N7O2. The van der Waals surface area contributed by atoms with Gasteiger partial charge < -0.3 is 15.2 Å². The molecule has 1 atom stereocenters. The Balaban J connectivity index is 1.55. The molecule has 2 aliphatic heterocycles. The summed E-state index contributed by atoms with van der Waals surface area (Å²) < 4.78 is 0. The maximum absolute atomic E-state index is 13.2. The summed E-state index contributed by atoms with van der Waals surface area (Å²) in [5.74, 6) is 1.45. The quantitative estimate of drug-likeness (QED) is 0.538. The van der Waals surface area contributed by atoms with Crippen LogP contribution < -0.4 is 15.2 Å². The van der Waals surface area contributed by atoms with E-state index in [-0.39, 0.29) is 17.9 Å². The number of rotatable bonds is 6. The second-order valence-corrected chi connectivity index (χ2v) is 7.78. The average molecular weight is 434 g/mol. The van der Waals surface area contributed by atoms with E-state index >= 15 is 0 Å². The monoisotopic (exact) mass is 433 g/mol. The van der Waals surface area contributed by atoms with E-state index in [1.807, 2.05) is 48.2 Å². The summed E-state index contributed by atoms with van der Waals surface area (Å²) in [4.78, 5) is 35.7. The lowest BCUT2D eigenvalue weighted by atomic mass is 10.0. The highest BCUT2D eigenvalue weighted by Gasteiger charge is 2.40. The van der Waals surface area contributed by atoms with Gasteiger partial charge in [0.25, 0.3) is 5.91 Å². The Hall–Kier alpha value is -3.75. The van der Waals surface area contributed by atoms with E-state index in [4.69, 9.17) is 10.4 Å². The summed E-state index contributed by atoms with van der Waals surface area (Å²) in [6.07, 6.45) is 3.62. The molecule has 0 unspecified atom stereocenters. The normalized spacial score (nSPS) is 17.7. The summed E-state index contributed by atoms with van der Waals surface area (Å²) >= 11 is 0. The van der Waals surface area contributed by atoms with E-state index in [9.17, 15) is 9.59 Å². The van der Waals surface area contributed by atoms with Crippen LogP contribution in [0.15, 0.2) is 41.5 Å². The van der Waals surface area contributed by atoms with Gasteiger partial charge in [-0.2, -0.15) is 5.10 Å². The number of benzene rings is 1. The minimum Gasteiger partial charge on any atom is -0.355 e. The highest BCUT2D eigenvalue weighted by molar-refractivity contribution is 6.14. The van der Waals surface area contributed by atoms with Crippen molar-refractivity contribution in [2.24, 2.45) is 5.10 Å². The van der Waals surface area contributed by atoms with Crippen molar-refractivity contribution in [1.29, 1.82) is 5.41 Å². The van der Waals surface area contributed by atoms with Gasteiger partial charge in [0.1, 0.15) is 11.6 Å². The van der Waals surface area contributed by atoms with Crippen LogP contribution in [0.5, 0.6) is 0 Å². The second-order valence-electron chi connectivity index (χ2n) is 7.78. The number of anilines is 3. The van der Waals surface area contributed by atoms with Crippen molar-refractivity contribution in [2.75, 3.05) is 41.9 Å². The summed E-state index contributed by atoms with van der Waals surface area (Å²) in [6.45, 7) is 3.82. The lowest BCUT2D eigenvalue weighted by molar-refractivity contribution is -0.118. The predicted octanol–water partition coefficient (Wildman–Crippen LogP) is 2.91. The van der Waals surface area contributed by atoms with Crippen molar-refractivity contribution in [3.63, 3.8) is 0 Å². The lowest BCUT2D eigenvalue weighted by Gasteiger charge is -2.24. The standard InChI is InChI=1S/C23H27N7O2/c1-3-21(31)28(2)19-8-5-9-20(26-19)29-13-10-18-16-6-4-7-17(27-25-12-11-24)22(16)23(32)30(18)15-14-29/h4-9,11-12,18,24,27H,3,10,13-15H2,1-2H3/b24-11?,25-12-/t18-/m0/s1. The van der Waals surface area contributed by atoms with Crippen molar-refractivity contribution in [2.45, 2.75) is 25.8 Å². The molecule has 1 fully saturated rings. The number of aromatic nitrogens is 1. The molecule has 2 aliphatic rings. The van der Waals surface area contributed by atoms with Gasteiger partial charge in [-0.1, -0.05) is 25.1 Å². The molecule has 1 aromatic carbocycles. The molecule has 0 spiro atoms. The Morgan fingerprint density at radius 3 is 2.88 bits per heavy atom. The van der Waals surface area contributed by atoms with Crippen molar-refractivity contribution in [1.82, 2.24) is 9.88 Å². The molecule has 0 radical (unpaired) electrons. The number of nitrogens with zero attached hydrogens (tertiary/aromatic N) is 5. The fraction of sp³-hybridized carbons (Fsp3) is 0.348.